The van der Waals surface area contributed by atoms with E-state index in [0.29, 0.717) is 24.6 Å². The van der Waals surface area contributed by atoms with Crippen molar-refractivity contribution in [2.24, 2.45) is 0 Å². The zero-order chi connectivity index (χ0) is 10.8. The van der Waals surface area contributed by atoms with E-state index in [1.165, 1.54) is 6.07 Å². The fourth-order valence-electron chi connectivity index (χ4n) is 1.84. The van der Waals surface area contributed by atoms with Gasteiger partial charge in [0.15, 0.2) is 0 Å². The zero-order valence-corrected chi connectivity index (χ0v) is 8.74. The maximum atomic E-state index is 13.6. The number of benzene rings is 1. The molecule has 1 atom stereocenters. The van der Waals surface area contributed by atoms with Gasteiger partial charge in [0.2, 0.25) is 0 Å². The van der Waals surface area contributed by atoms with Crippen LogP contribution in [-0.4, -0.2) is 25.8 Å². The van der Waals surface area contributed by atoms with Crippen molar-refractivity contribution in [3.8, 4) is 0 Å². The lowest BCUT2D eigenvalue weighted by Gasteiger charge is -2.35. The lowest BCUT2D eigenvalue weighted by molar-refractivity contribution is 0.0986. The summed E-state index contributed by atoms with van der Waals surface area (Å²) in [7, 11) is 0. The first kappa shape index (κ1) is 10.2. The first-order valence-electron chi connectivity index (χ1n) is 5.08. The van der Waals surface area contributed by atoms with Crippen molar-refractivity contribution in [2.45, 2.75) is 13.0 Å². The minimum absolute atomic E-state index is 0.205. The van der Waals surface area contributed by atoms with Crippen LogP contribution >= 0.6 is 0 Å². The van der Waals surface area contributed by atoms with Crippen molar-refractivity contribution >= 4 is 11.4 Å². The van der Waals surface area contributed by atoms with Gasteiger partial charge < -0.3 is 15.4 Å². The van der Waals surface area contributed by atoms with Crippen LogP contribution in [0.2, 0.25) is 0 Å². The smallest absolute Gasteiger partial charge is 0.148 e. The number of morpholine rings is 1. The van der Waals surface area contributed by atoms with E-state index < -0.39 is 0 Å². The number of rotatable bonds is 1. The molecule has 0 aromatic heterocycles. The van der Waals surface area contributed by atoms with E-state index in [4.69, 9.17) is 10.5 Å². The predicted octanol–water partition coefficient (Wildman–Crippen LogP) is 1.63. The van der Waals surface area contributed by atoms with E-state index in [9.17, 15) is 4.39 Å². The van der Waals surface area contributed by atoms with E-state index in [2.05, 4.69) is 0 Å². The fourth-order valence-corrected chi connectivity index (χ4v) is 1.84. The SMILES string of the molecule is C[C@H]1COCCN1c1ccc(N)cc1F. The van der Waals surface area contributed by atoms with Crippen molar-refractivity contribution < 1.29 is 9.13 Å². The number of hydrogen-bond donors (Lipinski definition) is 1. The Morgan fingerprint density at radius 3 is 3.00 bits per heavy atom. The molecule has 4 heteroatoms. The number of nitrogen functional groups attached to an aromatic ring is 1. The largest absolute Gasteiger partial charge is 0.399 e. The molecule has 0 aliphatic carbocycles. The number of halogens is 1. The maximum Gasteiger partial charge on any atom is 0.148 e. The topological polar surface area (TPSA) is 38.5 Å². The molecule has 0 spiro atoms. The van der Waals surface area contributed by atoms with E-state index in [0.717, 1.165) is 6.54 Å². The first-order valence-corrected chi connectivity index (χ1v) is 5.08. The van der Waals surface area contributed by atoms with Crippen LogP contribution in [0.25, 0.3) is 0 Å². The Labute approximate surface area is 88.6 Å². The molecule has 0 amide bonds. The van der Waals surface area contributed by atoms with Crippen molar-refractivity contribution in [1.82, 2.24) is 0 Å². The second-order valence-electron chi connectivity index (χ2n) is 3.83. The highest BCUT2D eigenvalue weighted by Gasteiger charge is 2.21. The highest BCUT2D eigenvalue weighted by Crippen LogP contribution is 2.24. The summed E-state index contributed by atoms with van der Waals surface area (Å²) in [4.78, 5) is 2.01. The van der Waals surface area contributed by atoms with Crippen LogP contribution in [0.3, 0.4) is 0 Å². The van der Waals surface area contributed by atoms with Crippen LogP contribution in [0.5, 0.6) is 0 Å². The normalized spacial score (nSPS) is 21.7. The van der Waals surface area contributed by atoms with E-state index in [1.807, 2.05) is 11.8 Å². The number of nitrogens with zero attached hydrogens (tertiary/aromatic N) is 1. The summed E-state index contributed by atoms with van der Waals surface area (Å²) >= 11 is 0. The minimum atomic E-state index is -0.260. The van der Waals surface area contributed by atoms with Gasteiger partial charge in [-0.1, -0.05) is 0 Å². The Morgan fingerprint density at radius 2 is 2.33 bits per heavy atom. The molecule has 0 unspecified atom stereocenters. The van der Waals surface area contributed by atoms with E-state index in [-0.39, 0.29) is 11.9 Å². The van der Waals surface area contributed by atoms with Crippen LogP contribution in [0, 0.1) is 5.82 Å². The molecule has 82 valence electrons. The van der Waals surface area contributed by atoms with Crippen molar-refractivity contribution in [2.75, 3.05) is 30.4 Å². The summed E-state index contributed by atoms with van der Waals surface area (Å²) in [5, 5.41) is 0. The molecule has 1 aliphatic heterocycles. The fraction of sp³-hybridized carbons (Fsp3) is 0.455. The molecule has 1 aromatic rings. The standard InChI is InChI=1S/C11H15FN2O/c1-8-7-15-5-4-14(8)11-3-2-9(13)6-10(11)12/h2-3,6,8H,4-5,7,13H2,1H3/t8-/m0/s1. The lowest BCUT2D eigenvalue weighted by atomic mass is 10.2. The maximum absolute atomic E-state index is 13.6. The van der Waals surface area contributed by atoms with Gasteiger partial charge in [-0.2, -0.15) is 0 Å². The molecule has 0 radical (unpaired) electrons. The Bertz CT molecular complexity index is 356. The average molecular weight is 210 g/mol. The average Bonchev–Trinajstić information content (AvgIpc) is 2.20. The van der Waals surface area contributed by atoms with Crippen LogP contribution in [-0.2, 0) is 4.74 Å². The van der Waals surface area contributed by atoms with Gasteiger partial charge in [-0.25, -0.2) is 4.39 Å². The Kier molecular flexibility index (Phi) is 2.77. The zero-order valence-electron chi connectivity index (χ0n) is 8.74. The van der Waals surface area contributed by atoms with Gasteiger partial charge in [0, 0.05) is 18.3 Å². The van der Waals surface area contributed by atoms with Gasteiger partial charge in [0.05, 0.1) is 18.9 Å². The number of nitrogens with two attached hydrogens (primary N) is 1. The van der Waals surface area contributed by atoms with E-state index in [1.54, 1.807) is 12.1 Å². The van der Waals surface area contributed by atoms with Crippen LogP contribution < -0.4 is 10.6 Å². The Hall–Kier alpha value is -1.29. The summed E-state index contributed by atoms with van der Waals surface area (Å²) in [5.74, 6) is -0.260. The first-order chi connectivity index (χ1) is 7.18. The van der Waals surface area contributed by atoms with Crippen molar-refractivity contribution in [3.05, 3.63) is 24.0 Å². The van der Waals surface area contributed by atoms with Crippen LogP contribution in [0.15, 0.2) is 18.2 Å². The molecular weight excluding hydrogens is 195 g/mol. The number of ether oxygens (including phenoxy) is 1. The number of hydrogen-bond acceptors (Lipinski definition) is 3. The van der Waals surface area contributed by atoms with Gasteiger partial charge in [0.25, 0.3) is 0 Å². The molecule has 2 rings (SSSR count). The van der Waals surface area contributed by atoms with Gasteiger partial charge in [-0.15, -0.1) is 0 Å². The third-order valence-corrected chi connectivity index (χ3v) is 2.65. The molecule has 3 nitrogen and oxygen atoms in total. The van der Waals surface area contributed by atoms with Gasteiger partial charge in [-0.05, 0) is 25.1 Å². The van der Waals surface area contributed by atoms with E-state index >= 15 is 0 Å². The molecule has 1 heterocycles. The molecule has 2 N–H and O–H groups in total. The number of anilines is 2. The monoisotopic (exact) mass is 210 g/mol. The van der Waals surface area contributed by atoms with Crippen LogP contribution in [0.4, 0.5) is 15.8 Å². The van der Waals surface area contributed by atoms with Gasteiger partial charge >= 0.3 is 0 Å². The second-order valence-corrected chi connectivity index (χ2v) is 3.83. The summed E-state index contributed by atoms with van der Waals surface area (Å²) in [5.41, 5.74) is 6.58. The summed E-state index contributed by atoms with van der Waals surface area (Å²) in [6.07, 6.45) is 0. The molecule has 0 saturated carbocycles. The van der Waals surface area contributed by atoms with Crippen molar-refractivity contribution in [1.29, 1.82) is 0 Å². The van der Waals surface area contributed by atoms with Gasteiger partial charge in [-0.3, -0.25) is 0 Å². The molecular formula is C11H15FN2O. The lowest BCUT2D eigenvalue weighted by Crippen LogP contribution is -2.44. The highest BCUT2D eigenvalue weighted by molar-refractivity contribution is 5.55. The van der Waals surface area contributed by atoms with Gasteiger partial charge in [0.1, 0.15) is 5.82 Å². The molecule has 1 aromatic carbocycles. The third kappa shape index (κ3) is 2.04. The molecule has 1 aliphatic rings. The third-order valence-electron chi connectivity index (χ3n) is 2.65. The Balaban J connectivity index is 2.27. The molecule has 1 fully saturated rings. The molecule has 1 saturated heterocycles. The van der Waals surface area contributed by atoms with Crippen LogP contribution in [0.1, 0.15) is 6.92 Å². The predicted molar refractivity (Wildman–Crippen MR) is 58.4 cm³/mol. The van der Waals surface area contributed by atoms with Crippen molar-refractivity contribution in [3.63, 3.8) is 0 Å². The quantitative estimate of drug-likeness (QED) is 0.716. The summed E-state index contributed by atoms with van der Waals surface area (Å²) in [6.45, 7) is 4.04. The molecule has 15 heavy (non-hydrogen) atoms. The minimum Gasteiger partial charge on any atom is -0.399 e. The summed E-state index contributed by atoms with van der Waals surface area (Å²) in [6, 6.07) is 5.02. The summed E-state index contributed by atoms with van der Waals surface area (Å²) < 4.78 is 19.0. The Morgan fingerprint density at radius 1 is 1.53 bits per heavy atom. The molecule has 0 bridgehead atoms. The second kappa shape index (κ2) is 4.06. The highest BCUT2D eigenvalue weighted by atomic mass is 19.1.